The summed E-state index contributed by atoms with van der Waals surface area (Å²) in [7, 11) is 2.05. The van der Waals surface area contributed by atoms with Gasteiger partial charge in [-0.15, -0.1) is 0 Å². The van der Waals surface area contributed by atoms with Crippen molar-refractivity contribution >= 4 is 15.9 Å². The Labute approximate surface area is 117 Å². The Hall–Kier alpha value is -0.360. The van der Waals surface area contributed by atoms with Crippen molar-refractivity contribution in [1.29, 1.82) is 0 Å². The third-order valence-corrected chi connectivity index (χ3v) is 4.00. The van der Waals surface area contributed by atoms with Crippen molar-refractivity contribution in [1.82, 2.24) is 4.90 Å². The molecule has 0 saturated heterocycles. The Bertz CT molecular complexity index is 366. The maximum Gasteiger partial charge on any atom is 0.136 e. The Morgan fingerprint density at radius 1 is 1.61 bits per heavy atom. The molecule has 2 rings (SSSR count). The van der Waals surface area contributed by atoms with Crippen LogP contribution in [0.15, 0.2) is 21.2 Å². The Kier molecular flexibility index (Phi) is 5.24. The molecule has 1 aliphatic carbocycles. The first-order valence-electron chi connectivity index (χ1n) is 6.43. The van der Waals surface area contributed by atoms with Gasteiger partial charge in [0.2, 0.25) is 0 Å². The largest absolute Gasteiger partial charge is 0.466 e. The van der Waals surface area contributed by atoms with E-state index in [4.69, 9.17) is 14.9 Å². The van der Waals surface area contributed by atoms with E-state index in [0.717, 1.165) is 35.9 Å². The molecule has 1 heterocycles. The van der Waals surface area contributed by atoms with Crippen LogP contribution in [-0.2, 0) is 4.74 Å². The van der Waals surface area contributed by atoms with Crippen LogP contribution in [0.4, 0.5) is 0 Å². The minimum absolute atomic E-state index is 0.0962. The van der Waals surface area contributed by atoms with Crippen molar-refractivity contribution in [2.24, 2.45) is 11.7 Å². The summed E-state index contributed by atoms with van der Waals surface area (Å²) in [5.74, 6) is 1.71. The average molecular weight is 317 g/mol. The molecule has 102 valence electrons. The van der Waals surface area contributed by atoms with Crippen molar-refractivity contribution in [3.05, 3.63) is 22.6 Å². The van der Waals surface area contributed by atoms with Crippen LogP contribution in [0.3, 0.4) is 0 Å². The lowest BCUT2D eigenvalue weighted by molar-refractivity contribution is 0.0886. The van der Waals surface area contributed by atoms with Gasteiger partial charge < -0.3 is 14.9 Å². The molecule has 1 fully saturated rings. The number of furan rings is 1. The molecule has 1 atom stereocenters. The van der Waals surface area contributed by atoms with Gasteiger partial charge >= 0.3 is 0 Å². The maximum absolute atomic E-state index is 5.83. The van der Waals surface area contributed by atoms with Crippen molar-refractivity contribution < 1.29 is 9.15 Å². The zero-order chi connectivity index (χ0) is 13.0. The van der Waals surface area contributed by atoms with Crippen LogP contribution in [-0.4, -0.2) is 38.3 Å². The van der Waals surface area contributed by atoms with Gasteiger partial charge in [-0.3, -0.25) is 4.90 Å². The number of nitrogens with zero attached hydrogens (tertiary/aromatic N) is 1. The van der Waals surface area contributed by atoms with Crippen molar-refractivity contribution in [2.75, 3.05) is 33.4 Å². The van der Waals surface area contributed by atoms with Gasteiger partial charge in [-0.1, -0.05) is 0 Å². The van der Waals surface area contributed by atoms with Gasteiger partial charge in [-0.05, 0) is 47.8 Å². The molecule has 1 aromatic rings. The van der Waals surface area contributed by atoms with E-state index in [9.17, 15) is 0 Å². The van der Waals surface area contributed by atoms with Crippen LogP contribution in [0.5, 0.6) is 0 Å². The standard InChI is InChI=1S/C13H21BrN2O2/c1-16(5-7-17-9-10-2-3-10)12(8-15)13-11(14)4-6-18-13/h4,6,10,12H,2-3,5,7-9,15H2,1H3. The van der Waals surface area contributed by atoms with Crippen LogP contribution in [0, 0.1) is 5.92 Å². The quantitative estimate of drug-likeness (QED) is 0.748. The normalized spacial score (nSPS) is 17.3. The minimum atomic E-state index is 0.0962. The molecule has 5 heteroatoms. The molecule has 0 bridgehead atoms. The molecule has 0 radical (unpaired) electrons. The summed E-state index contributed by atoms with van der Waals surface area (Å²) in [4.78, 5) is 2.18. The topological polar surface area (TPSA) is 51.6 Å². The average Bonchev–Trinajstić information content (AvgIpc) is 3.09. The lowest BCUT2D eigenvalue weighted by Crippen LogP contribution is -2.33. The molecule has 0 aromatic carbocycles. The Morgan fingerprint density at radius 2 is 2.39 bits per heavy atom. The first-order valence-corrected chi connectivity index (χ1v) is 7.22. The predicted octanol–water partition coefficient (Wildman–Crippen LogP) is 2.40. The summed E-state index contributed by atoms with van der Waals surface area (Å²) >= 11 is 3.48. The first kappa shape index (κ1) is 14.1. The summed E-state index contributed by atoms with van der Waals surface area (Å²) in [5, 5.41) is 0. The summed E-state index contributed by atoms with van der Waals surface area (Å²) in [6.45, 7) is 3.06. The lowest BCUT2D eigenvalue weighted by Gasteiger charge is -2.25. The van der Waals surface area contributed by atoms with Gasteiger partial charge in [0.1, 0.15) is 5.76 Å². The number of halogens is 1. The van der Waals surface area contributed by atoms with Gasteiger partial charge in [0.05, 0.1) is 23.4 Å². The molecule has 1 aromatic heterocycles. The third kappa shape index (κ3) is 3.82. The SMILES string of the molecule is CN(CCOCC1CC1)C(CN)c1occc1Br. The summed E-state index contributed by atoms with van der Waals surface area (Å²) in [6, 6.07) is 1.99. The predicted molar refractivity (Wildman–Crippen MR) is 74.4 cm³/mol. The zero-order valence-corrected chi connectivity index (χ0v) is 12.4. The molecule has 1 aliphatic rings. The van der Waals surface area contributed by atoms with Gasteiger partial charge in [0.15, 0.2) is 0 Å². The van der Waals surface area contributed by atoms with Crippen molar-refractivity contribution in [3.63, 3.8) is 0 Å². The molecule has 0 aliphatic heterocycles. The van der Waals surface area contributed by atoms with Gasteiger partial charge in [0.25, 0.3) is 0 Å². The number of likely N-dealkylation sites (N-methyl/N-ethyl adjacent to an activating group) is 1. The highest BCUT2D eigenvalue weighted by atomic mass is 79.9. The molecule has 4 nitrogen and oxygen atoms in total. The van der Waals surface area contributed by atoms with Crippen LogP contribution < -0.4 is 5.73 Å². The highest BCUT2D eigenvalue weighted by molar-refractivity contribution is 9.10. The molecule has 18 heavy (non-hydrogen) atoms. The second-order valence-corrected chi connectivity index (χ2v) is 5.74. The number of ether oxygens (including phenoxy) is 1. The monoisotopic (exact) mass is 316 g/mol. The zero-order valence-electron chi connectivity index (χ0n) is 10.8. The van der Waals surface area contributed by atoms with E-state index >= 15 is 0 Å². The van der Waals surface area contributed by atoms with Gasteiger partial charge in [0, 0.05) is 19.7 Å². The summed E-state index contributed by atoms with van der Waals surface area (Å²) in [6.07, 6.45) is 4.35. The fourth-order valence-electron chi connectivity index (χ4n) is 1.93. The lowest BCUT2D eigenvalue weighted by atomic mass is 10.2. The molecular formula is C13H21BrN2O2. The second-order valence-electron chi connectivity index (χ2n) is 4.88. The molecule has 0 spiro atoms. The Morgan fingerprint density at radius 3 is 2.94 bits per heavy atom. The molecule has 2 N–H and O–H groups in total. The van der Waals surface area contributed by atoms with Crippen LogP contribution >= 0.6 is 15.9 Å². The number of nitrogens with two attached hydrogens (primary N) is 1. The number of rotatable bonds is 8. The van der Waals surface area contributed by atoms with Crippen LogP contribution in [0.25, 0.3) is 0 Å². The van der Waals surface area contributed by atoms with Crippen LogP contribution in [0.2, 0.25) is 0 Å². The van der Waals surface area contributed by atoms with E-state index in [1.165, 1.54) is 12.8 Å². The number of hydrogen-bond donors (Lipinski definition) is 1. The van der Waals surface area contributed by atoms with Gasteiger partial charge in [-0.25, -0.2) is 0 Å². The van der Waals surface area contributed by atoms with Gasteiger partial charge in [-0.2, -0.15) is 0 Å². The maximum atomic E-state index is 5.83. The fraction of sp³-hybridized carbons (Fsp3) is 0.692. The van der Waals surface area contributed by atoms with E-state index < -0.39 is 0 Å². The molecule has 1 saturated carbocycles. The van der Waals surface area contributed by atoms with E-state index in [2.05, 4.69) is 20.8 Å². The molecular weight excluding hydrogens is 296 g/mol. The van der Waals surface area contributed by atoms with E-state index in [-0.39, 0.29) is 6.04 Å². The van der Waals surface area contributed by atoms with E-state index in [1.807, 2.05) is 13.1 Å². The minimum Gasteiger partial charge on any atom is -0.466 e. The fourth-order valence-corrected chi connectivity index (χ4v) is 2.39. The van der Waals surface area contributed by atoms with E-state index in [0.29, 0.717) is 6.54 Å². The van der Waals surface area contributed by atoms with E-state index in [1.54, 1.807) is 6.26 Å². The third-order valence-electron chi connectivity index (χ3n) is 3.34. The highest BCUT2D eigenvalue weighted by Gasteiger charge is 2.23. The smallest absolute Gasteiger partial charge is 0.136 e. The second kappa shape index (κ2) is 6.70. The molecule has 1 unspecified atom stereocenters. The summed E-state index contributed by atoms with van der Waals surface area (Å²) < 4.78 is 12.1. The molecule has 0 amide bonds. The van der Waals surface area contributed by atoms with Crippen LogP contribution in [0.1, 0.15) is 24.6 Å². The van der Waals surface area contributed by atoms with Crippen molar-refractivity contribution in [3.8, 4) is 0 Å². The van der Waals surface area contributed by atoms with Crippen molar-refractivity contribution in [2.45, 2.75) is 18.9 Å². The summed E-state index contributed by atoms with van der Waals surface area (Å²) in [5.41, 5.74) is 5.83. The highest BCUT2D eigenvalue weighted by Crippen LogP contribution is 2.29. The first-order chi connectivity index (χ1) is 8.72. The Balaban J connectivity index is 1.77. The number of hydrogen-bond acceptors (Lipinski definition) is 4.